The highest BCUT2D eigenvalue weighted by atomic mass is 35.5. The maximum absolute atomic E-state index is 13.0. The molecule has 2 aromatic carbocycles. The number of sulfonamides is 1. The lowest BCUT2D eigenvalue weighted by atomic mass is 10.1. The van der Waals surface area contributed by atoms with Crippen LogP contribution >= 0.6 is 11.6 Å². The van der Waals surface area contributed by atoms with E-state index in [9.17, 15) is 13.2 Å². The van der Waals surface area contributed by atoms with Gasteiger partial charge in [0.25, 0.3) is 0 Å². The molecule has 29 heavy (non-hydrogen) atoms. The minimum Gasteiger partial charge on any atom is -0.495 e. The Kier molecular flexibility index (Phi) is 6.09. The summed E-state index contributed by atoms with van der Waals surface area (Å²) in [5.41, 5.74) is 0.652. The fourth-order valence-electron chi connectivity index (χ4n) is 3.07. The van der Waals surface area contributed by atoms with E-state index in [0.29, 0.717) is 22.2 Å². The number of halogens is 1. The lowest BCUT2D eigenvalue weighted by molar-refractivity contribution is -0.117. The van der Waals surface area contributed by atoms with Crippen molar-refractivity contribution in [1.82, 2.24) is 0 Å². The fraction of sp³-hybridized carbons (Fsp3) is 0.316. The van der Waals surface area contributed by atoms with E-state index in [2.05, 4.69) is 5.32 Å². The average molecular weight is 441 g/mol. The maximum atomic E-state index is 13.0. The fourth-order valence-corrected chi connectivity index (χ4v) is 4.44. The van der Waals surface area contributed by atoms with Crippen molar-refractivity contribution in [1.29, 1.82) is 0 Å². The number of carbonyl (C=O) groups is 1. The minimum atomic E-state index is -3.84. The second kappa shape index (κ2) is 8.38. The Morgan fingerprint density at radius 2 is 1.97 bits per heavy atom. The molecule has 1 atom stereocenters. The molecule has 156 valence electrons. The second-order valence-corrected chi connectivity index (χ2v) is 8.65. The number of hydrogen-bond acceptors (Lipinski definition) is 6. The summed E-state index contributed by atoms with van der Waals surface area (Å²) in [6.07, 6.45) is 1.25. The quantitative estimate of drug-likeness (QED) is 0.710. The molecule has 0 aromatic heterocycles. The Bertz CT molecular complexity index is 1030. The van der Waals surface area contributed by atoms with Crippen LogP contribution in [0.25, 0.3) is 0 Å². The van der Waals surface area contributed by atoms with Crippen molar-refractivity contribution in [3.05, 3.63) is 41.4 Å². The van der Waals surface area contributed by atoms with E-state index in [-0.39, 0.29) is 24.7 Å². The van der Waals surface area contributed by atoms with Crippen molar-refractivity contribution >= 4 is 38.9 Å². The molecule has 3 rings (SSSR count). The minimum absolute atomic E-state index is 0.112. The molecule has 1 amide bonds. The van der Waals surface area contributed by atoms with Crippen molar-refractivity contribution in [2.75, 3.05) is 29.8 Å². The molecule has 1 N–H and O–H groups in total. The van der Waals surface area contributed by atoms with E-state index in [0.717, 1.165) is 10.6 Å². The summed E-state index contributed by atoms with van der Waals surface area (Å²) in [6.45, 7) is 1.83. The molecule has 0 unspecified atom stereocenters. The van der Waals surface area contributed by atoms with Crippen LogP contribution in [0.15, 0.2) is 36.4 Å². The molecule has 0 radical (unpaired) electrons. The average Bonchev–Trinajstić information content (AvgIpc) is 3.12. The van der Waals surface area contributed by atoms with Crippen molar-refractivity contribution in [2.45, 2.75) is 19.4 Å². The number of fused-ring (bicyclic) bond motifs is 1. The molecule has 2 aromatic rings. The molecule has 10 heteroatoms. The van der Waals surface area contributed by atoms with Gasteiger partial charge in [0, 0.05) is 16.8 Å². The highest BCUT2D eigenvalue weighted by molar-refractivity contribution is 7.92. The van der Waals surface area contributed by atoms with Gasteiger partial charge in [0.2, 0.25) is 22.7 Å². The molecule has 0 aliphatic carbocycles. The SMILES string of the molecule is CC[C@H](C(=O)Nc1ccc2c(c1)OCO2)N(c1cc(Cl)ccc1OC)S(C)(=O)=O. The Morgan fingerprint density at radius 3 is 2.62 bits per heavy atom. The Balaban J connectivity index is 1.96. The van der Waals surface area contributed by atoms with Gasteiger partial charge in [0.15, 0.2) is 11.5 Å². The van der Waals surface area contributed by atoms with E-state index >= 15 is 0 Å². The molecule has 1 aliphatic rings. The molecular weight excluding hydrogens is 420 g/mol. The molecule has 0 saturated carbocycles. The first kappa shape index (κ1) is 21.1. The van der Waals surface area contributed by atoms with Crippen LogP contribution in [0.3, 0.4) is 0 Å². The van der Waals surface area contributed by atoms with Crippen LogP contribution in [0.1, 0.15) is 13.3 Å². The third-order valence-electron chi connectivity index (χ3n) is 4.35. The molecule has 1 heterocycles. The van der Waals surface area contributed by atoms with Crippen LogP contribution < -0.4 is 23.8 Å². The molecule has 0 fully saturated rings. The number of amides is 1. The van der Waals surface area contributed by atoms with E-state index in [1.807, 2.05) is 0 Å². The van der Waals surface area contributed by atoms with Gasteiger partial charge in [-0.25, -0.2) is 8.42 Å². The van der Waals surface area contributed by atoms with Crippen LogP contribution in [0.2, 0.25) is 5.02 Å². The number of rotatable bonds is 7. The smallest absolute Gasteiger partial charge is 0.248 e. The topological polar surface area (TPSA) is 94.2 Å². The number of nitrogens with zero attached hydrogens (tertiary/aromatic N) is 1. The van der Waals surface area contributed by atoms with Crippen LogP contribution in [0, 0.1) is 0 Å². The van der Waals surface area contributed by atoms with Crippen molar-refractivity contribution < 1.29 is 27.4 Å². The third-order valence-corrected chi connectivity index (χ3v) is 5.75. The number of nitrogens with one attached hydrogen (secondary N) is 1. The largest absolute Gasteiger partial charge is 0.495 e. The number of benzene rings is 2. The first-order chi connectivity index (χ1) is 13.7. The van der Waals surface area contributed by atoms with E-state index < -0.39 is 22.0 Å². The zero-order chi connectivity index (χ0) is 21.2. The van der Waals surface area contributed by atoms with Crippen LogP contribution in [-0.4, -0.2) is 40.5 Å². The molecule has 1 aliphatic heterocycles. The third kappa shape index (κ3) is 4.51. The zero-order valence-corrected chi connectivity index (χ0v) is 17.7. The molecule has 0 spiro atoms. The van der Waals surface area contributed by atoms with Gasteiger partial charge in [-0.05, 0) is 36.8 Å². The van der Waals surface area contributed by atoms with Crippen LogP contribution in [0.5, 0.6) is 17.2 Å². The van der Waals surface area contributed by atoms with Gasteiger partial charge in [-0.3, -0.25) is 9.10 Å². The number of methoxy groups -OCH3 is 1. The zero-order valence-electron chi connectivity index (χ0n) is 16.1. The van der Waals surface area contributed by atoms with E-state index in [1.54, 1.807) is 37.3 Å². The monoisotopic (exact) mass is 440 g/mol. The molecule has 0 bridgehead atoms. The summed E-state index contributed by atoms with van der Waals surface area (Å²) in [5.74, 6) is 0.872. The lowest BCUT2D eigenvalue weighted by Gasteiger charge is -2.31. The van der Waals surface area contributed by atoms with Gasteiger partial charge in [0.1, 0.15) is 11.8 Å². The van der Waals surface area contributed by atoms with Gasteiger partial charge < -0.3 is 19.5 Å². The Labute approximate surface area is 174 Å². The predicted octanol–water partition coefficient (Wildman–Crippen LogP) is 3.26. The van der Waals surface area contributed by atoms with Gasteiger partial charge in [-0.2, -0.15) is 0 Å². The van der Waals surface area contributed by atoms with Gasteiger partial charge >= 0.3 is 0 Å². The van der Waals surface area contributed by atoms with Gasteiger partial charge in [0.05, 0.1) is 19.1 Å². The standard InChI is InChI=1S/C19H21ClN2O6S/c1-4-14(19(23)21-13-6-8-17-18(10-13)28-11-27-17)22(29(3,24)25)15-9-12(20)5-7-16(15)26-2/h5-10,14H,4,11H2,1-3H3,(H,21,23)/t14-/m1/s1. The Hall–Kier alpha value is -2.65. The lowest BCUT2D eigenvalue weighted by Crippen LogP contribution is -2.47. The summed E-state index contributed by atoms with van der Waals surface area (Å²) in [4.78, 5) is 13.0. The van der Waals surface area contributed by atoms with Crippen molar-refractivity contribution in [3.8, 4) is 17.2 Å². The highest BCUT2D eigenvalue weighted by Crippen LogP contribution is 2.36. The normalized spacial score (nSPS) is 13.7. The summed E-state index contributed by atoms with van der Waals surface area (Å²) < 4.78 is 42.2. The Morgan fingerprint density at radius 1 is 1.24 bits per heavy atom. The van der Waals surface area contributed by atoms with E-state index in [4.69, 9.17) is 25.8 Å². The molecule has 0 saturated heterocycles. The van der Waals surface area contributed by atoms with Gasteiger partial charge in [-0.1, -0.05) is 18.5 Å². The molecule has 8 nitrogen and oxygen atoms in total. The van der Waals surface area contributed by atoms with Crippen molar-refractivity contribution in [2.24, 2.45) is 0 Å². The van der Waals surface area contributed by atoms with E-state index in [1.165, 1.54) is 13.2 Å². The summed E-state index contributed by atoms with van der Waals surface area (Å²) in [7, 11) is -2.42. The second-order valence-electron chi connectivity index (χ2n) is 6.36. The first-order valence-electron chi connectivity index (χ1n) is 8.78. The number of hydrogen-bond donors (Lipinski definition) is 1. The number of anilines is 2. The van der Waals surface area contributed by atoms with Crippen LogP contribution in [0.4, 0.5) is 11.4 Å². The highest BCUT2D eigenvalue weighted by Gasteiger charge is 2.33. The maximum Gasteiger partial charge on any atom is 0.248 e. The first-order valence-corrected chi connectivity index (χ1v) is 11.0. The molecular formula is C19H21ClN2O6S. The van der Waals surface area contributed by atoms with Crippen molar-refractivity contribution in [3.63, 3.8) is 0 Å². The summed E-state index contributed by atoms with van der Waals surface area (Å²) in [5, 5.41) is 3.06. The predicted molar refractivity (Wildman–Crippen MR) is 111 cm³/mol. The summed E-state index contributed by atoms with van der Waals surface area (Å²) >= 11 is 6.08. The van der Waals surface area contributed by atoms with Gasteiger partial charge in [-0.15, -0.1) is 0 Å². The number of carbonyl (C=O) groups excluding carboxylic acids is 1. The van der Waals surface area contributed by atoms with Crippen LogP contribution in [-0.2, 0) is 14.8 Å². The summed E-state index contributed by atoms with van der Waals surface area (Å²) in [6, 6.07) is 8.52. The number of ether oxygens (including phenoxy) is 3.